The lowest BCUT2D eigenvalue weighted by molar-refractivity contribution is -0.121. The van der Waals surface area contributed by atoms with Crippen molar-refractivity contribution >= 4 is 23.4 Å². The number of carbonyl (C=O) groups excluding carboxylic acids is 1. The third-order valence-electron chi connectivity index (χ3n) is 2.25. The Morgan fingerprint density at radius 2 is 2.18 bits per heavy atom. The Morgan fingerprint density at radius 1 is 1.47 bits per heavy atom. The van der Waals surface area contributed by atoms with Gasteiger partial charge >= 0.3 is 0 Å². The molecule has 17 heavy (non-hydrogen) atoms. The molecule has 0 atom stereocenters. The predicted octanol–water partition coefficient (Wildman–Crippen LogP) is 2.58. The fourth-order valence-corrected chi connectivity index (χ4v) is 2.44. The van der Waals surface area contributed by atoms with Crippen LogP contribution in [0.4, 0.5) is 5.69 Å². The van der Waals surface area contributed by atoms with Gasteiger partial charge in [-0.15, -0.1) is 11.8 Å². The molecular weight excluding hydrogens is 232 g/mol. The predicted molar refractivity (Wildman–Crippen MR) is 74.2 cm³/mol. The summed E-state index contributed by atoms with van der Waals surface area (Å²) >= 11 is 1.68. The zero-order valence-electron chi connectivity index (χ0n) is 10.6. The number of thioether (sulfide) groups is 1. The lowest BCUT2D eigenvalue weighted by Gasteiger charge is -2.09. The summed E-state index contributed by atoms with van der Waals surface area (Å²) in [6.07, 6.45) is 0.539. The molecule has 0 unspecified atom stereocenters. The van der Waals surface area contributed by atoms with Gasteiger partial charge in [-0.1, -0.05) is 6.07 Å². The lowest BCUT2D eigenvalue weighted by atomic mass is 10.2. The molecular formula is C13H20N2OS. The number of amides is 1. The van der Waals surface area contributed by atoms with Gasteiger partial charge < -0.3 is 11.1 Å². The number of nitrogens with two attached hydrogens (primary N) is 1. The van der Waals surface area contributed by atoms with Gasteiger partial charge in [0.1, 0.15) is 0 Å². The molecule has 3 nitrogen and oxygen atoms in total. The Bertz CT molecular complexity index is 391. The highest BCUT2D eigenvalue weighted by Crippen LogP contribution is 2.25. The molecule has 0 aromatic heterocycles. The van der Waals surface area contributed by atoms with Crippen molar-refractivity contribution in [3.05, 3.63) is 23.8 Å². The molecule has 0 fully saturated rings. The van der Waals surface area contributed by atoms with Crippen LogP contribution < -0.4 is 11.1 Å². The molecule has 0 saturated carbocycles. The minimum atomic E-state index is 0.106. The van der Waals surface area contributed by atoms with Crippen LogP contribution in [-0.2, 0) is 4.79 Å². The van der Waals surface area contributed by atoms with Crippen molar-refractivity contribution < 1.29 is 4.79 Å². The van der Waals surface area contributed by atoms with Crippen LogP contribution in [0.1, 0.15) is 25.8 Å². The molecule has 0 heterocycles. The van der Waals surface area contributed by atoms with Crippen LogP contribution in [0.3, 0.4) is 0 Å². The van der Waals surface area contributed by atoms with Crippen molar-refractivity contribution in [2.24, 2.45) is 0 Å². The maximum absolute atomic E-state index is 11.4. The van der Waals surface area contributed by atoms with Crippen LogP contribution in [0.5, 0.6) is 0 Å². The smallest absolute Gasteiger partial charge is 0.221 e. The molecule has 0 aliphatic rings. The molecule has 1 aromatic rings. The molecule has 1 aromatic carbocycles. The summed E-state index contributed by atoms with van der Waals surface area (Å²) in [6.45, 7) is 5.98. The van der Waals surface area contributed by atoms with Crippen LogP contribution in [0, 0.1) is 6.92 Å². The van der Waals surface area contributed by atoms with E-state index in [-0.39, 0.29) is 11.9 Å². The minimum Gasteiger partial charge on any atom is -0.399 e. The second kappa shape index (κ2) is 6.55. The van der Waals surface area contributed by atoms with Gasteiger partial charge in [0, 0.05) is 28.8 Å². The Hall–Kier alpha value is -1.16. The molecule has 0 aliphatic heterocycles. The Kier molecular flexibility index (Phi) is 5.35. The lowest BCUT2D eigenvalue weighted by Crippen LogP contribution is -2.30. The third-order valence-corrected chi connectivity index (χ3v) is 3.41. The fourth-order valence-electron chi connectivity index (χ4n) is 1.42. The van der Waals surface area contributed by atoms with E-state index in [9.17, 15) is 4.79 Å². The third kappa shape index (κ3) is 5.13. The van der Waals surface area contributed by atoms with Gasteiger partial charge in [0.05, 0.1) is 0 Å². The molecule has 3 N–H and O–H groups in total. The summed E-state index contributed by atoms with van der Waals surface area (Å²) < 4.78 is 0. The van der Waals surface area contributed by atoms with Gasteiger partial charge in [-0.2, -0.15) is 0 Å². The molecule has 0 radical (unpaired) electrons. The molecule has 94 valence electrons. The Labute approximate surface area is 107 Å². The largest absolute Gasteiger partial charge is 0.399 e. The molecule has 0 spiro atoms. The molecule has 1 amide bonds. The number of carbonyl (C=O) groups is 1. The molecule has 4 heteroatoms. The number of rotatable bonds is 5. The van der Waals surface area contributed by atoms with Crippen molar-refractivity contribution in [3.63, 3.8) is 0 Å². The summed E-state index contributed by atoms with van der Waals surface area (Å²) in [5.74, 6) is 0.886. The van der Waals surface area contributed by atoms with Gasteiger partial charge in [-0.25, -0.2) is 0 Å². The summed E-state index contributed by atoms with van der Waals surface area (Å²) in [5.41, 5.74) is 7.70. The number of nitrogens with one attached hydrogen (secondary N) is 1. The highest BCUT2D eigenvalue weighted by atomic mass is 32.2. The standard InChI is InChI=1S/C13H20N2OS/c1-9(2)15-13(16)6-7-17-12-8-11(14)5-4-10(12)3/h4-5,8-9H,6-7,14H2,1-3H3,(H,15,16). The number of hydrogen-bond acceptors (Lipinski definition) is 3. The molecule has 0 bridgehead atoms. The van der Waals surface area contributed by atoms with Gasteiger partial charge in [0.25, 0.3) is 0 Å². The van der Waals surface area contributed by atoms with Gasteiger partial charge in [-0.05, 0) is 38.5 Å². The van der Waals surface area contributed by atoms with E-state index in [1.807, 2.05) is 32.0 Å². The van der Waals surface area contributed by atoms with E-state index in [4.69, 9.17) is 5.73 Å². The number of anilines is 1. The molecule has 0 aliphatic carbocycles. The van der Waals surface area contributed by atoms with Crippen molar-refractivity contribution in [2.75, 3.05) is 11.5 Å². The van der Waals surface area contributed by atoms with Gasteiger partial charge in [-0.3, -0.25) is 4.79 Å². The minimum absolute atomic E-state index is 0.106. The van der Waals surface area contributed by atoms with Crippen molar-refractivity contribution in [3.8, 4) is 0 Å². The first kappa shape index (κ1) is 13.9. The van der Waals surface area contributed by atoms with E-state index in [1.165, 1.54) is 5.56 Å². The number of aryl methyl sites for hydroxylation is 1. The average molecular weight is 252 g/mol. The maximum atomic E-state index is 11.4. The number of nitrogen functional groups attached to an aromatic ring is 1. The number of hydrogen-bond donors (Lipinski definition) is 2. The maximum Gasteiger partial charge on any atom is 0.221 e. The van der Waals surface area contributed by atoms with Crippen molar-refractivity contribution in [1.82, 2.24) is 5.32 Å². The normalized spacial score (nSPS) is 10.6. The summed E-state index contributed by atoms with van der Waals surface area (Å²) in [6, 6.07) is 6.07. The van der Waals surface area contributed by atoms with Crippen LogP contribution in [0.15, 0.2) is 23.1 Å². The van der Waals surface area contributed by atoms with Gasteiger partial charge in [0.2, 0.25) is 5.91 Å². The highest BCUT2D eigenvalue weighted by molar-refractivity contribution is 7.99. The van der Waals surface area contributed by atoms with Crippen molar-refractivity contribution in [2.45, 2.75) is 38.1 Å². The fraction of sp³-hybridized carbons (Fsp3) is 0.462. The van der Waals surface area contributed by atoms with E-state index in [0.717, 1.165) is 16.3 Å². The SMILES string of the molecule is Cc1ccc(N)cc1SCCC(=O)NC(C)C. The van der Waals surface area contributed by atoms with E-state index in [2.05, 4.69) is 12.2 Å². The first-order valence-corrected chi connectivity index (χ1v) is 6.76. The second-order valence-electron chi connectivity index (χ2n) is 4.35. The van der Waals surface area contributed by atoms with Crippen LogP contribution in [-0.4, -0.2) is 17.7 Å². The zero-order valence-corrected chi connectivity index (χ0v) is 11.4. The first-order valence-electron chi connectivity index (χ1n) is 5.77. The van der Waals surface area contributed by atoms with Crippen LogP contribution in [0.25, 0.3) is 0 Å². The van der Waals surface area contributed by atoms with E-state index >= 15 is 0 Å². The van der Waals surface area contributed by atoms with Crippen LogP contribution in [0.2, 0.25) is 0 Å². The van der Waals surface area contributed by atoms with Crippen molar-refractivity contribution in [1.29, 1.82) is 0 Å². The first-order chi connectivity index (χ1) is 7.99. The molecule has 0 saturated heterocycles. The summed E-state index contributed by atoms with van der Waals surface area (Å²) in [7, 11) is 0. The highest BCUT2D eigenvalue weighted by Gasteiger charge is 2.05. The summed E-state index contributed by atoms with van der Waals surface area (Å²) in [5, 5.41) is 2.88. The average Bonchev–Trinajstić information content (AvgIpc) is 2.22. The van der Waals surface area contributed by atoms with Crippen LogP contribution >= 0.6 is 11.8 Å². The van der Waals surface area contributed by atoms with E-state index in [1.54, 1.807) is 11.8 Å². The topological polar surface area (TPSA) is 55.1 Å². The second-order valence-corrected chi connectivity index (χ2v) is 5.48. The Morgan fingerprint density at radius 3 is 2.82 bits per heavy atom. The molecule has 1 rings (SSSR count). The summed E-state index contributed by atoms with van der Waals surface area (Å²) in [4.78, 5) is 12.6. The Balaban J connectivity index is 2.40. The quantitative estimate of drug-likeness (QED) is 0.625. The number of benzene rings is 1. The van der Waals surface area contributed by atoms with Gasteiger partial charge in [0.15, 0.2) is 0 Å². The zero-order chi connectivity index (χ0) is 12.8. The monoisotopic (exact) mass is 252 g/mol. The van der Waals surface area contributed by atoms with E-state index in [0.29, 0.717) is 6.42 Å². The van der Waals surface area contributed by atoms with E-state index < -0.39 is 0 Å².